The number of halogens is 1. The van der Waals surface area contributed by atoms with E-state index in [-0.39, 0.29) is 23.0 Å². The summed E-state index contributed by atoms with van der Waals surface area (Å²) in [7, 11) is 0. The Bertz CT molecular complexity index is 1090. The third-order valence-corrected chi connectivity index (χ3v) is 5.99. The maximum Gasteiger partial charge on any atom is 0.258 e. The molecular weight excluding hydrogens is 371 g/mol. The molecule has 1 fully saturated rings. The highest BCUT2D eigenvalue weighted by atomic mass is 19.1. The molecule has 2 aromatic carbocycles. The second-order valence-corrected chi connectivity index (χ2v) is 8.00. The number of rotatable bonds is 3. The topological polar surface area (TPSA) is 72.5 Å². The summed E-state index contributed by atoms with van der Waals surface area (Å²) in [5, 5.41) is 18.7. The minimum Gasteiger partial charge on any atom is -0.507 e. The summed E-state index contributed by atoms with van der Waals surface area (Å²) in [6, 6.07) is 7.90. The molecule has 6 nitrogen and oxygen atoms in total. The number of phenolic OH excluding ortho intramolecular Hbond substituents is 1. The number of phenols is 1. The number of aromatic nitrogens is 2. The Morgan fingerprint density at radius 3 is 2.72 bits per heavy atom. The van der Waals surface area contributed by atoms with Gasteiger partial charge in [-0.2, -0.15) is 5.10 Å². The van der Waals surface area contributed by atoms with E-state index in [1.807, 2.05) is 0 Å². The maximum atomic E-state index is 13.5. The van der Waals surface area contributed by atoms with Gasteiger partial charge in [-0.25, -0.2) is 4.39 Å². The van der Waals surface area contributed by atoms with Crippen LogP contribution < -0.4 is 0 Å². The Balaban J connectivity index is 1.43. The van der Waals surface area contributed by atoms with Gasteiger partial charge >= 0.3 is 0 Å². The molecule has 0 aliphatic carbocycles. The van der Waals surface area contributed by atoms with Crippen molar-refractivity contribution in [2.45, 2.75) is 38.9 Å². The van der Waals surface area contributed by atoms with Gasteiger partial charge in [0.15, 0.2) is 0 Å². The van der Waals surface area contributed by atoms with Crippen LogP contribution in [0.5, 0.6) is 5.75 Å². The van der Waals surface area contributed by atoms with E-state index in [2.05, 4.69) is 15.1 Å². The molecule has 2 aliphatic rings. The molecule has 0 atom stereocenters. The van der Waals surface area contributed by atoms with Gasteiger partial charge in [0.25, 0.3) is 5.91 Å². The van der Waals surface area contributed by atoms with Gasteiger partial charge in [-0.1, -0.05) is 12.5 Å². The van der Waals surface area contributed by atoms with Gasteiger partial charge in [0.05, 0.1) is 16.8 Å². The molecule has 150 valence electrons. The van der Waals surface area contributed by atoms with Gasteiger partial charge in [0.1, 0.15) is 11.6 Å². The summed E-state index contributed by atoms with van der Waals surface area (Å²) in [6.07, 6.45) is 3.67. The number of aromatic amines is 1. The van der Waals surface area contributed by atoms with Crippen LogP contribution in [0.2, 0.25) is 0 Å². The highest BCUT2D eigenvalue weighted by Crippen LogP contribution is 2.31. The van der Waals surface area contributed by atoms with E-state index >= 15 is 0 Å². The number of likely N-dealkylation sites (tertiary alicyclic amines) is 1. The minimum absolute atomic E-state index is 0.0715. The van der Waals surface area contributed by atoms with Crippen molar-refractivity contribution >= 4 is 16.8 Å². The average Bonchev–Trinajstić information content (AvgIpc) is 3.31. The standard InChI is InChI=1S/C22H23FN4O2/c23-16-5-4-14-11-27(12-15(14)8-16)22(29)18-9-17-19(10-21(18)28)24-25-20(17)13-26-6-2-1-3-7-26/h4-5,8-10,28H,1-3,6-7,11-13H2,(H,24,25). The third kappa shape index (κ3) is 3.35. The van der Waals surface area contributed by atoms with Gasteiger partial charge in [0.2, 0.25) is 0 Å². The first-order chi connectivity index (χ1) is 14.1. The largest absolute Gasteiger partial charge is 0.507 e. The Hall–Kier alpha value is -2.93. The van der Waals surface area contributed by atoms with Crippen LogP contribution in [0.3, 0.4) is 0 Å². The smallest absolute Gasteiger partial charge is 0.258 e. The average molecular weight is 394 g/mol. The number of aromatic hydroxyl groups is 1. The van der Waals surface area contributed by atoms with E-state index in [1.54, 1.807) is 23.1 Å². The number of benzene rings is 2. The van der Waals surface area contributed by atoms with E-state index in [9.17, 15) is 14.3 Å². The first kappa shape index (κ1) is 18.1. The van der Waals surface area contributed by atoms with Gasteiger partial charge in [0, 0.05) is 31.1 Å². The molecule has 2 aliphatic heterocycles. The van der Waals surface area contributed by atoms with Gasteiger partial charge in [-0.15, -0.1) is 0 Å². The minimum atomic E-state index is -0.303. The lowest BCUT2D eigenvalue weighted by Crippen LogP contribution is -2.29. The number of H-pyrrole nitrogens is 1. The molecule has 3 aromatic rings. The van der Waals surface area contributed by atoms with Crippen molar-refractivity contribution < 1.29 is 14.3 Å². The monoisotopic (exact) mass is 394 g/mol. The number of nitrogens with one attached hydrogen (secondary N) is 1. The highest BCUT2D eigenvalue weighted by Gasteiger charge is 2.27. The Labute approximate surface area is 167 Å². The summed E-state index contributed by atoms with van der Waals surface area (Å²) in [6.45, 7) is 3.60. The van der Waals surface area contributed by atoms with Crippen molar-refractivity contribution in [3.8, 4) is 5.75 Å². The van der Waals surface area contributed by atoms with E-state index in [0.717, 1.165) is 47.4 Å². The lowest BCUT2D eigenvalue weighted by atomic mass is 10.1. The second kappa shape index (κ2) is 7.15. The molecule has 29 heavy (non-hydrogen) atoms. The van der Waals surface area contributed by atoms with Gasteiger partial charge in [-0.05, 0) is 55.3 Å². The fourth-order valence-corrected chi connectivity index (χ4v) is 4.41. The fraction of sp³-hybridized carbons (Fsp3) is 0.364. The molecule has 3 heterocycles. The molecular formula is C22H23FN4O2. The first-order valence-corrected chi connectivity index (χ1v) is 10.1. The van der Waals surface area contributed by atoms with Crippen LogP contribution in [-0.2, 0) is 19.6 Å². The maximum absolute atomic E-state index is 13.5. The molecule has 0 unspecified atom stereocenters. The van der Waals surface area contributed by atoms with E-state index in [0.29, 0.717) is 13.1 Å². The second-order valence-electron chi connectivity index (χ2n) is 8.00. The number of amides is 1. The Kier molecular flexibility index (Phi) is 4.47. The number of nitrogens with zero attached hydrogens (tertiary/aromatic N) is 3. The van der Waals surface area contributed by atoms with Crippen LogP contribution in [-0.4, -0.2) is 44.1 Å². The zero-order valence-corrected chi connectivity index (χ0v) is 16.1. The highest BCUT2D eigenvalue weighted by molar-refractivity contribution is 6.01. The van der Waals surface area contributed by atoms with Crippen molar-refractivity contribution in [2.24, 2.45) is 0 Å². The zero-order valence-electron chi connectivity index (χ0n) is 16.1. The van der Waals surface area contributed by atoms with E-state index in [1.165, 1.54) is 31.4 Å². The van der Waals surface area contributed by atoms with E-state index in [4.69, 9.17) is 0 Å². The van der Waals surface area contributed by atoms with Crippen LogP contribution in [0.4, 0.5) is 4.39 Å². The normalized spacial score (nSPS) is 17.1. The molecule has 0 spiro atoms. The molecule has 5 rings (SSSR count). The van der Waals surface area contributed by atoms with Crippen LogP contribution in [0.1, 0.15) is 46.4 Å². The SMILES string of the molecule is O=C(c1cc2c(CN3CCCCC3)n[nH]c2cc1O)N1Cc2ccc(F)cc2C1. The summed E-state index contributed by atoms with van der Waals surface area (Å²) in [5.74, 6) is -0.632. The predicted octanol–water partition coefficient (Wildman–Crippen LogP) is 3.55. The number of carbonyl (C=O) groups is 1. The van der Waals surface area contributed by atoms with Gasteiger partial charge in [-0.3, -0.25) is 14.8 Å². The number of hydrogen-bond acceptors (Lipinski definition) is 4. The van der Waals surface area contributed by atoms with Gasteiger partial charge < -0.3 is 10.0 Å². The lowest BCUT2D eigenvalue weighted by Gasteiger charge is -2.25. The molecule has 0 bridgehead atoms. The van der Waals surface area contributed by atoms with Crippen molar-refractivity contribution in [1.29, 1.82) is 0 Å². The number of hydrogen-bond donors (Lipinski definition) is 2. The van der Waals surface area contributed by atoms with Crippen LogP contribution >= 0.6 is 0 Å². The molecule has 7 heteroatoms. The molecule has 1 amide bonds. The molecule has 0 radical (unpaired) electrons. The first-order valence-electron chi connectivity index (χ1n) is 10.1. The summed E-state index contributed by atoms with van der Waals surface area (Å²) >= 11 is 0. The quantitative estimate of drug-likeness (QED) is 0.713. The number of fused-ring (bicyclic) bond motifs is 2. The Morgan fingerprint density at radius 1 is 1.10 bits per heavy atom. The van der Waals surface area contributed by atoms with E-state index < -0.39 is 0 Å². The zero-order chi connectivity index (χ0) is 20.0. The van der Waals surface area contributed by atoms with Crippen molar-refractivity contribution in [3.05, 3.63) is 58.5 Å². The number of carbonyl (C=O) groups excluding carboxylic acids is 1. The lowest BCUT2D eigenvalue weighted by molar-refractivity contribution is 0.0748. The fourth-order valence-electron chi connectivity index (χ4n) is 4.41. The van der Waals surface area contributed by atoms with Crippen molar-refractivity contribution in [1.82, 2.24) is 20.0 Å². The number of piperidine rings is 1. The summed E-state index contributed by atoms with van der Waals surface area (Å²) in [4.78, 5) is 17.1. The molecule has 1 saturated heterocycles. The van der Waals surface area contributed by atoms with Crippen molar-refractivity contribution in [3.63, 3.8) is 0 Å². The van der Waals surface area contributed by atoms with Crippen LogP contribution in [0.15, 0.2) is 30.3 Å². The molecule has 1 aromatic heterocycles. The van der Waals surface area contributed by atoms with Crippen molar-refractivity contribution in [2.75, 3.05) is 13.1 Å². The summed E-state index contributed by atoms with van der Waals surface area (Å²) in [5.41, 5.74) is 3.62. The molecule has 0 saturated carbocycles. The van der Waals surface area contributed by atoms with Crippen LogP contribution in [0.25, 0.3) is 10.9 Å². The van der Waals surface area contributed by atoms with Crippen LogP contribution in [0, 0.1) is 5.82 Å². The third-order valence-electron chi connectivity index (χ3n) is 5.99. The Morgan fingerprint density at radius 2 is 1.90 bits per heavy atom. The summed E-state index contributed by atoms with van der Waals surface area (Å²) < 4.78 is 13.5. The predicted molar refractivity (Wildman–Crippen MR) is 107 cm³/mol. The molecule has 2 N–H and O–H groups in total.